The van der Waals surface area contributed by atoms with Gasteiger partial charge in [-0.25, -0.2) is 0 Å². The first-order valence-electron chi connectivity index (χ1n) is 6.05. The van der Waals surface area contributed by atoms with Gasteiger partial charge in [-0.15, -0.1) is 0 Å². The van der Waals surface area contributed by atoms with Crippen LogP contribution in [0.25, 0.3) is 0 Å². The van der Waals surface area contributed by atoms with E-state index in [9.17, 15) is 0 Å². The molecule has 2 N–H and O–H groups in total. The van der Waals surface area contributed by atoms with E-state index in [4.69, 9.17) is 17.3 Å². The van der Waals surface area contributed by atoms with Crippen molar-refractivity contribution in [1.29, 1.82) is 0 Å². The van der Waals surface area contributed by atoms with E-state index >= 15 is 0 Å². The van der Waals surface area contributed by atoms with Gasteiger partial charge in [-0.2, -0.15) is 5.10 Å². The molecule has 1 aromatic heterocycles. The Morgan fingerprint density at radius 3 is 2.78 bits per heavy atom. The Hall–Kier alpha value is -1.32. The van der Waals surface area contributed by atoms with Gasteiger partial charge in [0, 0.05) is 24.3 Å². The summed E-state index contributed by atoms with van der Waals surface area (Å²) in [4.78, 5) is 0. The van der Waals surface area contributed by atoms with E-state index in [-0.39, 0.29) is 6.04 Å². The summed E-state index contributed by atoms with van der Waals surface area (Å²) >= 11 is 6.05. The highest BCUT2D eigenvalue weighted by atomic mass is 35.5. The molecule has 1 aromatic carbocycles. The first kappa shape index (κ1) is 13.1. The maximum Gasteiger partial charge on any atom is 0.0521 e. The second kappa shape index (κ2) is 5.55. The summed E-state index contributed by atoms with van der Waals surface area (Å²) in [7, 11) is 1.92. The van der Waals surface area contributed by atoms with Gasteiger partial charge in [0.15, 0.2) is 0 Å². The second-order valence-corrected chi connectivity index (χ2v) is 5.17. The quantitative estimate of drug-likeness (QED) is 0.922. The van der Waals surface area contributed by atoms with Gasteiger partial charge in [-0.05, 0) is 48.6 Å². The van der Waals surface area contributed by atoms with Gasteiger partial charge in [0.2, 0.25) is 0 Å². The highest BCUT2D eigenvalue weighted by molar-refractivity contribution is 6.30. The van der Waals surface area contributed by atoms with E-state index in [1.807, 2.05) is 43.2 Å². The predicted molar refractivity (Wildman–Crippen MR) is 74.6 cm³/mol. The van der Waals surface area contributed by atoms with Crippen molar-refractivity contribution in [1.82, 2.24) is 9.78 Å². The third-order valence-electron chi connectivity index (χ3n) is 2.99. The molecule has 4 heteroatoms. The molecule has 18 heavy (non-hydrogen) atoms. The van der Waals surface area contributed by atoms with Crippen LogP contribution >= 0.6 is 11.6 Å². The molecule has 0 bridgehead atoms. The Bertz CT molecular complexity index is 513. The van der Waals surface area contributed by atoms with Crippen LogP contribution < -0.4 is 5.73 Å². The number of hydrogen-bond acceptors (Lipinski definition) is 2. The molecule has 0 radical (unpaired) electrons. The highest BCUT2D eigenvalue weighted by Gasteiger charge is 2.08. The first-order valence-corrected chi connectivity index (χ1v) is 6.42. The predicted octanol–water partition coefficient (Wildman–Crippen LogP) is 3.01. The van der Waals surface area contributed by atoms with Crippen LogP contribution in [0.1, 0.15) is 29.2 Å². The topological polar surface area (TPSA) is 43.8 Å². The van der Waals surface area contributed by atoms with Crippen molar-refractivity contribution in [3.63, 3.8) is 0 Å². The Labute approximate surface area is 113 Å². The van der Waals surface area contributed by atoms with Gasteiger partial charge >= 0.3 is 0 Å². The Morgan fingerprint density at radius 2 is 2.17 bits per heavy atom. The number of halogens is 1. The minimum Gasteiger partial charge on any atom is -0.324 e. The van der Waals surface area contributed by atoms with Crippen LogP contribution in [0.15, 0.2) is 30.6 Å². The normalized spacial score (nSPS) is 12.7. The van der Waals surface area contributed by atoms with Crippen molar-refractivity contribution >= 4 is 11.6 Å². The molecule has 0 aliphatic heterocycles. The average Bonchev–Trinajstić information content (AvgIpc) is 2.70. The SMILES string of the molecule is Cc1cc(Cl)cc(C(N)CCc2cnn(C)c2)c1. The summed E-state index contributed by atoms with van der Waals surface area (Å²) in [6, 6.07) is 6.00. The molecular formula is C14H18ClN3. The first-order chi connectivity index (χ1) is 8.54. The van der Waals surface area contributed by atoms with Crippen LogP contribution in [0.5, 0.6) is 0 Å². The molecule has 0 saturated carbocycles. The number of aryl methyl sites for hydroxylation is 3. The number of benzene rings is 1. The molecular weight excluding hydrogens is 246 g/mol. The van der Waals surface area contributed by atoms with Gasteiger partial charge in [0.25, 0.3) is 0 Å². The van der Waals surface area contributed by atoms with E-state index < -0.39 is 0 Å². The van der Waals surface area contributed by atoms with Crippen molar-refractivity contribution in [2.75, 3.05) is 0 Å². The van der Waals surface area contributed by atoms with Crippen LogP contribution in [-0.2, 0) is 13.5 Å². The van der Waals surface area contributed by atoms with Crippen LogP contribution in [0, 0.1) is 6.92 Å². The lowest BCUT2D eigenvalue weighted by molar-refractivity contribution is 0.650. The second-order valence-electron chi connectivity index (χ2n) is 4.73. The molecule has 1 unspecified atom stereocenters. The largest absolute Gasteiger partial charge is 0.324 e. The van der Waals surface area contributed by atoms with E-state index in [1.165, 1.54) is 5.56 Å². The van der Waals surface area contributed by atoms with E-state index in [1.54, 1.807) is 0 Å². The molecule has 0 aliphatic carbocycles. The van der Waals surface area contributed by atoms with Crippen molar-refractivity contribution in [2.24, 2.45) is 12.8 Å². The van der Waals surface area contributed by atoms with Crippen molar-refractivity contribution in [3.8, 4) is 0 Å². The zero-order chi connectivity index (χ0) is 13.1. The molecule has 0 saturated heterocycles. The third kappa shape index (κ3) is 3.34. The summed E-state index contributed by atoms with van der Waals surface area (Å²) < 4.78 is 1.81. The zero-order valence-corrected chi connectivity index (χ0v) is 11.5. The Kier molecular flexibility index (Phi) is 4.04. The minimum atomic E-state index is 0.0163. The van der Waals surface area contributed by atoms with Crippen LogP contribution in [-0.4, -0.2) is 9.78 Å². The van der Waals surface area contributed by atoms with Crippen LogP contribution in [0.2, 0.25) is 5.02 Å². The van der Waals surface area contributed by atoms with E-state index in [0.29, 0.717) is 0 Å². The fourth-order valence-electron chi connectivity index (χ4n) is 2.07. The molecule has 1 atom stereocenters. The third-order valence-corrected chi connectivity index (χ3v) is 3.21. The van der Waals surface area contributed by atoms with Crippen molar-refractivity contribution in [2.45, 2.75) is 25.8 Å². The lowest BCUT2D eigenvalue weighted by Gasteiger charge is -2.12. The standard InChI is InChI=1S/C14H18ClN3/c1-10-5-12(7-13(15)6-10)14(16)4-3-11-8-17-18(2)9-11/h5-9,14H,3-4,16H2,1-2H3. The molecule has 1 heterocycles. The minimum absolute atomic E-state index is 0.0163. The maximum absolute atomic E-state index is 6.20. The number of aromatic nitrogens is 2. The van der Waals surface area contributed by atoms with E-state index in [2.05, 4.69) is 11.2 Å². The fourth-order valence-corrected chi connectivity index (χ4v) is 2.37. The summed E-state index contributed by atoms with van der Waals surface area (Å²) in [5.41, 5.74) is 9.66. The molecule has 96 valence electrons. The lowest BCUT2D eigenvalue weighted by Crippen LogP contribution is -2.11. The molecule has 0 aliphatic rings. The van der Waals surface area contributed by atoms with Gasteiger partial charge < -0.3 is 5.73 Å². The number of rotatable bonds is 4. The van der Waals surface area contributed by atoms with E-state index in [0.717, 1.165) is 29.0 Å². The lowest BCUT2D eigenvalue weighted by atomic mass is 9.99. The highest BCUT2D eigenvalue weighted by Crippen LogP contribution is 2.22. The summed E-state index contributed by atoms with van der Waals surface area (Å²) in [6.45, 7) is 2.03. The van der Waals surface area contributed by atoms with Crippen molar-refractivity contribution in [3.05, 3.63) is 52.3 Å². The molecule has 2 rings (SSSR count). The molecule has 0 spiro atoms. The monoisotopic (exact) mass is 263 g/mol. The molecule has 0 amide bonds. The van der Waals surface area contributed by atoms with Gasteiger partial charge in [0.05, 0.1) is 6.20 Å². The van der Waals surface area contributed by atoms with Crippen molar-refractivity contribution < 1.29 is 0 Å². The Balaban J connectivity index is 2.01. The fraction of sp³-hybridized carbons (Fsp3) is 0.357. The number of nitrogens with two attached hydrogens (primary N) is 1. The van der Waals surface area contributed by atoms with Crippen LogP contribution in [0.4, 0.5) is 0 Å². The average molecular weight is 264 g/mol. The molecule has 0 fully saturated rings. The smallest absolute Gasteiger partial charge is 0.0521 e. The van der Waals surface area contributed by atoms with Crippen LogP contribution in [0.3, 0.4) is 0 Å². The summed E-state index contributed by atoms with van der Waals surface area (Å²) in [6.07, 6.45) is 5.73. The van der Waals surface area contributed by atoms with Gasteiger partial charge in [-0.3, -0.25) is 4.68 Å². The molecule has 2 aromatic rings. The Morgan fingerprint density at radius 1 is 1.39 bits per heavy atom. The summed E-state index contributed by atoms with van der Waals surface area (Å²) in [5.74, 6) is 0. The van der Waals surface area contributed by atoms with Gasteiger partial charge in [-0.1, -0.05) is 17.7 Å². The number of hydrogen-bond donors (Lipinski definition) is 1. The maximum atomic E-state index is 6.20. The van der Waals surface area contributed by atoms with Gasteiger partial charge in [0.1, 0.15) is 0 Å². The molecule has 3 nitrogen and oxygen atoms in total. The zero-order valence-electron chi connectivity index (χ0n) is 10.7. The summed E-state index contributed by atoms with van der Waals surface area (Å²) in [5, 5.41) is 4.90. The number of nitrogens with zero attached hydrogens (tertiary/aromatic N) is 2.